The molecule has 1 aliphatic rings. The van der Waals surface area contributed by atoms with E-state index >= 15 is 0 Å². The zero-order valence-corrected chi connectivity index (χ0v) is 15.1. The average molecular weight is 373 g/mol. The molecule has 3 rings (SSSR count). The summed E-state index contributed by atoms with van der Waals surface area (Å²) in [6, 6.07) is 14.7. The summed E-state index contributed by atoms with van der Waals surface area (Å²) in [6.45, 7) is 1.72. The van der Waals surface area contributed by atoms with E-state index in [-0.39, 0.29) is 28.7 Å². The Morgan fingerprint density at radius 3 is 2.38 bits per heavy atom. The van der Waals surface area contributed by atoms with Crippen LogP contribution in [0.3, 0.4) is 0 Å². The number of nitrogens with zero attached hydrogens (tertiary/aromatic N) is 1. The molecule has 1 fully saturated rings. The summed E-state index contributed by atoms with van der Waals surface area (Å²) in [5.74, 6) is -0.678. The first-order valence-corrected chi connectivity index (χ1v) is 9.80. The standard InChI is InChI=1S/C19H19NO5S/c1-14(21)25-18-10-6-5-9-17(18)19(22)20-12-11-16(13-20)26(23,24)15-7-3-2-4-8-15/h2-10,16H,11-13H2,1H3. The molecule has 1 amide bonds. The van der Waals surface area contributed by atoms with E-state index in [0.29, 0.717) is 13.0 Å². The molecular formula is C19H19NO5S. The predicted octanol–water partition coefficient (Wildman–Crippen LogP) is 2.30. The third-order valence-corrected chi connectivity index (χ3v) is 6.51. The summed E-state index contributed by atoms with van der Waals surface area (Å²) in [5, 5.41) is -0.644. The third-order valence-electron chi connectivity index (χ3n) is 4.31. The lowest BCUT2D eigenvalue weighted by molar-refractivity contribution is -0.131. The molecule has 2 aromatic carbocycles. The molecule has 0 aromatic heterocycles. The fraction of sp³-hybridized carbons (Fsp3) is 0.263. The highest BCUT2D eigenvalue weighted by Gasteiger charge is 2.36. The minimum atomic E-state index is -3.50. The van der Waals surface area contributed by atoms with Gasteiger partial charge in [-0.3, -0.25) is 9.59 Å². The van der Waals surface area contributed by atoms with Crippen LogP contribution in [0.4, 0.5) is 0 Å². The van der Waals surface area contributed by atoms with Gasteiger partial charge in [0.2, 0.25) is 0 Å². The van der Waals surface area contributed by atoms with Crippen LogP contribution >= 0.6 is 0 Å². The smallest absolute Gasteiger partial charge is 0.308 e. The number of rotatable bonds is 4. The quantitative estimate of drug-likeness (QED) is 0.607. The second-order valence-corrected chi connectivity index (χ2v) is 8.34. The van der Waals surface area contributed by atoms with Crippen LogP contribution in [0.15, 0.2) is 59.5 Å². The molecule has 0 spiro atoms. The Bertz CT molecular complexity index is 924. The first kappa shape index (κ1) is 18.1. The fourth-order valence-electron chi connectivity index (χ4n) is 3.03. The van der Waals surface area contributed by atoms with Gasteiger partial charge in [0.1, 0.15) is 5.75 Å². The number of hydrogen-bond acceptors (Lipinski definition) is 5. The number of ether oxygens (including phenoxy) is 1. The zero-order valence-electron chi connectivity index (χ0n) is 14.3. The number of esters is 1. The number of hydrogen-bond donors (Lipinski definition) is 0. The molecule has 1 unspecified atom stereocenters. The molecule has 7 heteroatoms. The van der Waals surface area contributed by atoms with Crippen LogP contribution in [0.5, 0.6) is 5.75 Å². The first-order valence-electron chi connectivity index (χ1n) is 8.25. The SMILES string of the molecule is CC(=O)Oc1ccccc1C(=O)N1CCC(S(=O)(=O)c2ccccc2)C1. The Balaban J connectivity index is 1.79. The van der Waals surface area contributed by atoms with Gasteiger partial charge in [-0.25, -0.2) is 8.42 Å². The molecule has 0 aliphatic carbocycles. The minimum Gasteiger partial charge on any atom is -0.426 e. The molecule has 136 valence electrons. The van der Waals surface area contributed by atoms with Crippen LogP contribution in [-0.2, 0) is 14.6 Å². The maximum Gasteiger partial charge on any atom is 0.308 e. The average Bonchev–Trinajstić information content (AvgIpc) is 3.13. The summed E-state index contributed by atoms with van der Waals surface area (Å²) in [5.41, 5.74) is 0.250. The van der Waals surface area contributed by atoms with Crippen molar-refractivity contribution in [3.8, 4) is 5.75 Å². The lowest BCUT2D eigenvalue weighted by Gasteiger charge is -2.18. The van der Waals surface area contributed by atoms with Crippen molar-refractivity contribution >= 4 is 21.7 Å². The van der Waals surface area contributed by atoms with Gasteiger partial charge in [0.15, 0.2) is 9.84 Å². The largest absolute Gasteiger partial charge is 0.426 e. The minimum absolute atomic E-state index is 0.116. The Labute approximate surface area is 152 Å². The molecule has 0 N–H and O–H groups in total. The maximum atomic E-state index is 12.8. The summed E-state index contributed by atoms with van der Waals surface area (Å²) < 4.78 is 30.6. The van der Waals surface area contributed by atoms with Crippen LogP contribution in [0.25, 0.3) is 0 Å². The molecule has 1 aliphatic heterocycles. The van der Waals surface area contributed by atoms with Gasteiger partial charge in [-0.2, -0.15) is 0 Å². The van der Waals surface area contributed by atoms with E-state index in [2.05, 4.69) is 0 Å². The molecule has 0 saturated carbocycles. The Hall–Kier alpha value is -2.67. The summed E-state index contributed by atoms with van der Waals surface area (Å²) >= 11 is 0. The van der Waals surface area contributed by atoms with Gasteiger partial charge in [0.25, 0.3) is 5.91 Å². The number of amides is 1. The third kappa shape index (κ3) is 3.62. The highest BCUT2D eigenvalue weighted by Crippen LogP contribution is 2.27. The number of sulfone groups is 1. The van der Waals surface area contributed by atoms with Crippen LogP contribution in [0.1, 0.15) is 23.7 Å². The van der Waals surface area contributed by atoms with Gasteiger partial charge in [-0.1, -0.05) is 30.3 Å². The van der Waals surface area contributed by atoms with E-state index in [4.69, 9.17) is 4.74 Å². The monoisotopic (exact) mass is 373 g/mol. The lowest BCUT2D eigenvalue weighted by atomic mass is 10.2. The van der Waals surface area contributed by atoms with Crippen molar-refractivity contribution in [2.75, 3.05) is 13.1 Å². The van der Waals surface area contributed by atoms with E-state index in [1.54, 1.807) is 54.6 Å². The molecule has 0 bridgehead atoms. The summed E-state index contributed by atoms with van der Waals surface area (Å²) in [4.78, 5) is 25.8. The van der Waals surface area contributed by atoms with Crippen molar-refractivity contribution in [3.63, 3.8) is 0 Å². The van der Waals surface area contributed by atoms with E-state index in [1.807, 2.05) is 0 Å². The Morgan fingerprint density at radius 1 is 1.04 bits per heavy atom. The summed E-state index contributed by atoms with van der Waals surface area (Å²) in [7, 11) is -3.50. The highest BCUT2D eigenvalue weighted by atomic mass is 32.2. The number of benzene rings is 2. The van der Waals surface area contributed by atoms with Gasteiger partial charge < -0.3 is 9.64 Å². The molecule has 0 radical (unpaired) electrons. The van der Waals surface area contributed by atoms with Gasteiger partial charge in [0.05, 0.1) is 15.7 Å². The van der Waals surface area contributed by atoms with Gasteiger partial charge in [-0.05, 0) is 30.7 Å². The first-order chi connectivity index (χ1) is 12.4. The number of carbonyl (C=O) groups is 2. The van der Waals surface area contributed by atoms with Crippen molar-refractivity contribution in [1.82, 2.24) is 4.90 Å². The highest BCUT2D eigenvalue weighted by molar-refractivity contribution is 7.92. The molecule has 2 aromatic rings. The van der Waals surface area contributed by atoms with Crippen LogP contribution < -0.4 is 4.74 Å². The van der Waals surface area contributed by atoms with Crippen molar-refractivity contribution in [2.24, 2.45) is 0 Å². The van der Waals surface area contributed by atoms with E-state index < -0.39 is 21.1 Å². The predicted molar refractivity (Wildman–Crippen MR) is 95.7 cm³/mol. The van der Waals surface area contributed by atoms with Crippen molar-refractivity contribution < 1.29 is 22.7 Å². The van der Waals surface area contributed by atoms with Gasteiger partial charge >= 0.3 is 5.97 Å². The molecule has 1 atom stereocenters. The second-order valence-electron chi connectivity index (χ2n) is 6.11. The fourth-order valence-corrected chi connectivity index (χ4v) is 4.74. The second kappa shape index (κ2) is 7.29. The molecule has 6 nitrogen and oxygen atoms in total. The van der Waals surface area contributed by atoms with Gasteiger partial charge in [-0.15, -0.1) is 0 Å². The normalized spacial score (nSPS) is 17.1. The Morgan fingerprint density at radius 2 is 1.69 bits per heavy atom. The molecule has 1 heterocycles. The zero-order chi connectivity index (χ0) is 18.7. The van der Waals surface area contributed by atoms with Crippen molar-refractivity contribution in [1.29, 1.82) is 0 Å². The van der Waals surface area contributed by atoms with E-state index in [1.165, 1.54) is 11.8 Å². The van der Waals surface area contributed by atoms with Crippen LogP contribution in [0.2, 0.25) is 0 Å². The molecule has 1 saturated heterocycles. The van der Waals surface area contributed by atoms with E-state index in [9.17, 15) is 18.0 Å². The van der Waals surface area contributed by atoms with Crippen LogP contribution in [0, 0.1) is 0 Å². The van der Waals surface area contributed by atoms with E-state index in [0.717, 1.165) is 0 Å². The van der Waals surface area contributed by atoms with Crippen molar-refractivity contribution in [3.05, 3.63) is 60.2 Å². The number of para-hydroxylation sites is 1. The number of carbonyl (C=O) groups excluding carboxylic acids is 2. The summed E-state index contributed by atoms with van der Waals surface area (Å²) in [6.07, 6.45) is 0.374. The van der Waals surface area contributed by atoms with Crippen LogP contribution in [-0.4, -0.2) is 43.5 Å². The van der Waals surface area contributed by atoms with Gasteiger partial charge in [0, 0.05) is 20.0 Å². The Kier molecular flexibility index (Phi) is 5.08. The lowest BCUT2D eigenvalue weighted by Crippen LogP contribution is -2.32. The van der Waals surface area contributed by atoms with Crippen molar-refractivity contribution in [2.45, 2.75) is 23.5 Å². The maximum absolute atomic E-state index is 12.8. The number of likely N-dealkylation sites (tertiary alicyclic amines) is 1. The molecule has 26 heavy (non-hydrogen) atoms. The topological polar surface area (TPSA) is 80.8 Å². The molecular weight excluding hydrogens is 354 g/mol.